The van der Waals surface area contributed by atoms with Crippen molar-refractivity contribution in [1.29, 1.82) is 0 Å². The lowest BCUT2D eigenvalue weighted by Gasteiger charge is -2.44. The summed E-state index contributed by atoms with van der Waals surface area (Å²) in [5.74, 6) is -3.56. The molecule has 0 radical (unpaired) electrons. The van der Waals surface area contributed by atoms with Gasteiger partial charge in [-0.05, 0) is 24.8 Å². The van der Waals surface area contributed by atoms with Gasteiger partial charge < -0.3 is 39.5 Å². The first-order valence-electron chi connectivity index (χ1n) is 13.0. The molecule has 13 heteroatoms. The van der Waals surface area contributed by atoms with Gasteiger partial charge in [0.1, 0.15) is 25.4 Å². The van der Waals surface area contributed by atoms with E-state index in [1.807, 2.05) is 30.3 Å². The first-order chi connectivity index (χ1) is 19.1. The molecule has 222 valence electrons. The Kier molecular flexibility index (Phi) is 13.9. The Morgan fingerprint density at radius 2 is 1.55 bits per heavy atom. The summed E-state index contributed by atoms with van der Waals surface area (Å²) in [5.41, 5.74) is 6.32. The SMILES string of the molecule is CC(=O)OC[C@H]1O[C@@H](OCCCCCNC(=O)OCc2ccccc2)[C@H](CC(N)=O)[C@@H](OC(C)=O)[C@H]1OC(C)=O. The van der Waals surface area contributed by atoms with Crippen LogP contribution in [-0.2, 0) is 54.2 Å². The van der Waals surface area contributed by atoms with E-state index >= 15 is 0 Å². The molecule has 0 bridgehead atoms. The van der Waals surface area contributed by atoms with Crippen molar-refractivity contribution in [2.24, 2.45) is 11.7 Å². The molecule has 0 unspecified atom stereocenters. The summed E-state index contributed by atoms with van der Waals surface area (Å²) in [5, 5.41) is 2.69. The Labute approximate surface area is 232 Å². The molecule has 13 nitrogen and oxygen atoms in total. The molecule has 1 saturated heterocycles. The largest absolute Gasteiger partial charge is 0.463 e. The quantitative estimate of drug-likeness (QED) is 0.179. The highest BCUT2D eigenvalue weighted by Gasteiger charge is 2.51. The van der Waals surface area contributed by atoms with E-state index in [-0.39, 0.29) is 26.2 Å². The molecule has 2 amide bonds. The van der Waals surface area contributed by atoms with E-state index in [4.69, 9.17) is 34.2 Å². The van der Waals surface area contributed by atoms with Gasteiger partial charge in [-0.2, -0.15) is 0 Å². The maximum absolute atomic E-state index is 11.9. The molecule has 0 aliphatic carbocycles. The topological polar surface area (TPSA) is 179 Å². The molecule has 1 fully saturated rings. The molecule has 0 spiro atoms. The van der Waals surface area contributed by atoms with Gasteiger partial charge in [0.25, 0.3) is 0 Å². The maximum Gasteiger partial charge on any atom is 0.407 e. The molecular formula is C27H38N2O11. The lowest BCUT2D eigenvalue weighted by Crippen LogP contribution is -2.59. The van der Waals surface area contributed by atoms with Crippen LogP contribution in [0.3, 0.4) is 0 Å². The number of hydrogen-bond acceptors (Lipinski definition) is 11. The highest BCUT2D eigenvalue weighted by atomic mass is 16.7. The van der Waals surface area contributed by atoms with E-state index in [9.17, 15) is 24.0 Å². The first-order valence-corrected chi connectivity index (χ1v) is 13.0. The molecule has 3 N–H and O–H groups in total. The normalized spacial score (nSPS) is 22.0. The standard InChI is InChI=1S/C27H38N2O11/c1-17(30)36-16-22-25(39-19(3)32)24(38-18(2)31)21(14-23(28)33)26(40-22)35-13-9-5-8-12-29-27(34)37-15-20-10-6-4-7-11-20/h4,6-7,10-11,21-22,24-26H,5,8-9,12-16H2,1-3H3,(H2,28,33)(H,29,34)/t21-,22-,24-,25+,26-/m1/s1. The second-order valence-corrected chi connectivity index (χ2v) is 9.25. The Hall–Kier alpha value is -3.71. The zero-order valence-corrected chi connectivity index (χ0v) is 23.0. The van der Waals surface area contributed by atoms with Crippen molar-refractivity contribution in [3.05, 3.63) is 35.9 Å². The van der Waals surface area contributed by atoms with Crippen LogP contribution < -0.4 is 11.1 Å². The van der Waals surface area contributed by atoms with E-state index in [1.165, 1.54) is 13.8 Å². The average Bonchev–Trinajstić information content (AvgIpc) is 2.88. The third kappa shape index (κ3) is 12.0. The second-order valence-electron chi connectivity index (χ2n) is 9.25. The second kappa shape index (κ2) is 17.1. The zero-order chi connectivity index (χ0) is 29.5. The third-order valence-corrected chi connectivity index (χ3v) is 5.85. The first kappa shape index (κ1) is 32.5. The average molecular weight is 567 g/mol. The minimum atomic E-state index is -1.17. The summed E-state index contributed by atoms with van der Waals surface area (Å²) in [6, 6.07) is 9.33. The minimum absolute atomic E-state index is 0.180. The van der Waals surface area contributed by atoms with Gasteiger partial charge in [0.15, 0.2) is 12.4 Å². The summed E-state index contributed by atoms with van der Waals surface area (Å²) >= 11 is 0. The number of nitrogens with two attached hydrogens (primary N) is 1. The van der Waals surface area contributed by atoms with Crippen molar-refractivity contribution in [3.63, 3.8) is 0 Å². The van der Waals surface area contributed by atoms with Crippen LogP contribution >= 0.6 is 0 Å². The van der Waals surface area contributed by atoms with Crippen LogP contribution in [-0.4, -0.2) is 74.3 Å². The molecule has 2 rings (SSSR count). The van der Waals surface area contributed by atoms with E-state index in [0.29, 0.717) is 25.8 Å². The van der Waals surface area contributed by atoms with Gasteiger partial charge >= 0.3 is 24.0 Å². The van der Waals surface area contributed by atoms with Gasteiger partial charge in [-0.1, -0.05) is 30.3 Å². The molecule has 1 aromatic rings. The Morgan fingerprint density at radius 3 is 2.17 bits per heavy atom. The smallest absolute Gasteiger partial charge is 0.407 e. The number of ether oxygens (including phenoxy) is 6. The van der Waals surface area contributed by atoms with Gasteiger partial charge in [-0.3, -0.25) is 19.2 Å². The highest BCUT2D eigenvalue weighted by Crippen LogP contribution is 2.34. The van der Waals surface area contributed by atoms with Crippen LogP contribution in [0, 0.1) is 5.92 Å². The van der Waals surface area contributed by atoms with Gasteiger partial charge in [-0.15, -0.1) is 0 Å². The molecule has 1 heterocycles. The highest BCUT2D eigenvalue weighted by molar-refractivity contribution is 5.74. The number of benzene rings is 1. The van der Waals surface area contributed by atoms with E-state index in [2.05, 4.69) is 5.32 Å². The van der Waals surface area contributed by atoms with Crippen LogP contribution in [0.1, 0.15) is 52.0 Å². The van der Waals surface area contributed by atoms with Crippen LogP contribution in [0.2, 0.25) is 0 Å². The number of primary amides is 1. The number of carbonyl (C=O) groups is 5. The summed E-state index contributed by atoms with van der Waals surface area (Å²) in [4.78, 5) is 58.8. The van der Waals surface area contributed by atoms with Crippen LogP contribution in [0.15, 0.2) is 30.3 Å². The number of carbonyl (C=O) groups excluding carboxylic acids is 5. The van der Waals surface area contributed by atoms with Crippen molar-refractivity contribution in [3.8, 4) is 0 Å². The fourth-order valence-corrected chi connectivity index (χ4v) is 4.15. The number of amides is 2. The monoisotopic (exact) mass is 566 g/mol. The number of nitrogens with one attached hydrogen (secondary N) is 1. The van der Waals surface area contributed by atoms with Gasteiger partial charge in [0.2, 0.25) is 5.91 Å². The maximum atomic E-state index is 11.9. The molecule has 1 aliphatic heterocycles. The summed E-state index contributed by atoms with van der Waals surface area (Å²) in [6.07, 6.45) is -3.29. The Balaban J connectivity index is 1.91. The van der Waals surface area contributed by atoms with Gasteiger partial charge in [0, 0.05) is 40.3 Å². The Bertz CT molecular complexity index is 988. The summed E-state index contributed by atoms with van der Waals surface area (Å²) < 4.78 is 32.9. The lowest BCUT2D eigenvalue weighted by atomic mass is 9.87. The lowest BCUT2D eigenvalue weighted by molar-refractivity contribution is -0.291. The van der Waals surface area contributed by atoms with Crippen LogP contribution in [0.25, 0.3) is 0 Å². The molecule has 0 saturated carbocycles. The van der Waals surface area contributed by atoms with Crippen LogP contribution in [0.4, 0.5) is 4.79 Å². The minimum Gasteiger partial charge on any atom is -0.463 e. The van der Waals surface area contributed by atoms with Crippen molar-refractivity contribution in [2.75, 3.05) is 19.8 Å². The predicted octanol–water partition coefficient (Wildman–Crippen LogP) is 1.74. The number of unbranched alkanes of at least 4 members (excludes halogenated alkanes) is 2. The number of esters is 3. The molecular weight excluding hydrogens is 528 g/mol. The van der Waals surface area contributed by atoms with E-state index in [1.54, 1.807) is 0 Å². The zero-order valence-electron chi connectivity index (χ0n) is 23.0. The number of rotatable bonds is 15. The van der Waals surface area contributed by atoms with Crippen molar-refractivity contribution < 1.29 is 52.4 Å². The van der Waals surface area contributed by atoms with Crippen molar-refractivity contribution in [2.45, 2.75) is 77.7 Å². The Morgan fingerprint density at radius 1 is 0.875 bits per heavy atom. The molecule has 40 heavy (non-hydrogen) atoms. The molecule has 5 atom stereocenters. The van der Waals surface area contributed by atoms with Crippen molar-refractivity contribution in [1.82, 2.24) is 5.32 Å². The van der Waals surface area contributed by atoms with E-state index < -0.39 is 60.4 Å². The van der Waals surface area contributed by atoms with Crippen LogP contribution in [0.5, 0.6) is 0 Å². The predicted molar refractivity (Wildman–Crippen MR) is 138 cm³/mol. The molecule has 1 aliphatic rings. The van der Waals surface area contributed by atoms with Gasteiger partial charge in [-0.25, -0.2) is 4.79 Å². The summed E-state index contributed by atoms with van der Waals surface area (Å²) in [6.45, 7) is 4.01. The number of alkyl carbamates (subject to hydrolysis) is 1. The summed E-state index contributed by atoms with van der Waals surface area (Å²) in [7, 11) is 0. The third-order valence-electron chi connectivity index (χ3n) is 5.85. The van der Waals surface area contributed by atoms with Crippen molar-refractivity contribution >= 4 is 29.9 Å². The van der Waals surface area contributed by atoms with E-state index in [0.717, 1.165) is 12.5 Å². The molecule has 1 aromatic carbocycles. The molecule has 0 aromatic heterocycles. The number of hydrogen-bond donors (Lipinski definition) is 2. The fraction of sp³-hybridized carbons (Fsp3) is 0.593. The fourth-order valence-electron chi connectivity index (χ4n) is 4.15. The van der Waals surface area contributed by atoms with Gasteiger partial charge in [0.05, 0.1) is 5.92 Å².